The molecule has 1 heterocycles. The summed E-state index contributed by atoms with van der Waals surface area (Å²) in [5.41, 5.74) is 7.01. The first-order valence-electron chi connectivity index (χ1n) is 16.9. The average molecular weight is 656 g/mol. The van der Waals surface area contributed by atoms with Crippen molar-refractivity contribution >= 4 is 32.3 Å². The predicted octanol–water partition coefficient (Wildman–Crippen LogP) is 12.2. The van der Waals surface area contributed by atoms with Crippen LogP contribution < -0.4 is 10.6 Å². The van der Waals surface area contributed by atoms with E-state index in [1.165, 1.54) is 40.0 Å². The fourth-order valence-electron chi connectivity index (χ4n) is 6.59. The van der Waals surface area contributed by atoms with E-state index in [0.717, 1.165) is 45.1 Å². The number of unbranched alkanes of at least 4 members (excludes halogenated alkanes) is 1. The summed E-state index contributed by atoms with van der Waals surface area (Å²) in [5.74, 6) is -0.511. The van der Waals surface area contributed by atoms with Crippen LogP contribution in [0.15, 0.2) is 104 Å². The molecule has 0 spiro atoms. The molecule has 0 radical (unpaired) electrons. The molecule has 1 aliphatic rings. The van der Waals surface area contributed by atoms with Gasteiger partial charge in [0.15, 0.2) is 0 Å². The molecule has 0 saturated carbocycles. The molecule has 4 aromatic carbocycles. The number of allylic oxidation sites excluding steroid dienone is 1. The predicted molar refractivity (Wildman–Crippen MR) is 198 cm³/mol. The Morgan fingerprint density at radius 3 is 1.72 bits per heavy atom. The number of benzene rings is 4. The van der Waals surface area contributed by atoms with Crippen molar-refractivity contribution in [2.45, 2.75) is 89.9 Å². The third-order valence-electron chi connectivity index (χ3n) is 9.14. The fraction of sp³-hybridized carbons (Fsp3) is 0.366. The maximum Gasteiger partial charge on any atom is 0.132 e. The summed E-state index contributed by atoms with van der Waals surface area (Å²) in [7, 11) is -2.33. The van der Waals surface area contributed by atoms with E-state index in [2.05, 4.69) is 94.2 Å². The molecule has 5 heteroatoms. The van der Waals surface area contributed by atoms with Crippen LogP contribution in [0.4, 0.5) is 8.78 Å². The van der Waals surface area contributed by atoms with E-state index in [-0.39, 0.29) is 22.7 Å². The third kappa shape index (κ3) is 7.71. The summed E-state index contributed by atoms with van der Waals surface area (Å²) in [6, 6.07) is 32.4. The molecular weight excluding hydrogens is 606 g/mol. The summed E-state index contributed by atoms with van der Waals surface area (Å²) in [6.07, 6.45) is 6.15. The van der Waals surface area contributed by atoms with Gasteiger partial charge in [-0.3, -0.25) is 4.44 Å². The summed E-state index contributed by atoms with van der Waals surface area (Å²) in [6.45, 7) is 16.3. The van der Waals surface area contributed by atoms with E-state index in [0.29, 0.717) is 16.3 Å². The van der Waals surface area contributed by atoms with Crippen LogP contribution in [0.3, 0.4) is 0 Å². The van der Waals surface area contributed by atoms with Crippen LogP contribution in [0.1, 0.15) is 107 Å². The van der Waals surface area contributed by atoms with Crippen LogP contribution in [-0.4, -0.2) is 11.0 Å². The quantitative estimate of drug-likeness (QED) is 0.137. The van der Waals surface area contributed by atoms with Gasteiger partial charge in [0.25, 0.3) is 0 Å². The number of hydrogen-bond donors (Lipinski definition) is 0. The highest BCUT2D eigenvalue weighted by atomic mass is 31.2. The Balaban J connectivity index is 1.68. The zero-order valence-electron chi connectivity index (χ0n) is 28.1. The summed E-state index contributed by atoms with van der Waals surface area (Å²) in [4.78, 5) is 0. The highest BCUT2D eigenvalue weighted by Crippen LogP contribution is 2.76. The van der Waals surface area contributed by atoms with Gasteiger partial charge in [0.05, 0.1) is 0 Å². The average Bonchev–Trinajstić information content (AvgIpc) is 3.49. The third-order valence-corrected chi connectivity index (χ3v) is 15.7. The van der Waals surface area contributed by atoms with Crippen LogP contribution in [0.2, 0.25) is 0 Å². The molecule has 1 nitrogen and oxygen atoms in total. The van der Waals surface area contributed by atoms with Crippen molar-refractivity contribution in [2.24, 2.45) is 0 Å². The van der Waals surface area contributed by atoms with Gasteiger partial charge in [0, 0.05) is 36.5 Å². The largest absolute Gasteiger partial charge is 0.251 e. The first-order chi connectivity index (χ1) is 22.1. The SMILES string of the molecule is C=C(CCC)c1ccc([C@@H]2CC[C@@H](c3ccc(C(C)(C)C)cc3)P2N(CCCC)P(c2ccccc2F)c2ccccc2F)cc1. The van der Waals surface area contributed by atoms with Gasteiger partial charge in [-0.15, -0.1) is 0 Å². The van der Waals surface area contributed by atoms with Crippen molar-refractivity contribution in [1.29, 1.82) is 0 Å². The van der Waals surface area contributed by atoms with Crippen molar-refractivity contribution in [3.63, 3.8) is 0 Å². The Morgan fingerprint density at radius 1 is 0.761 bits per heavy atom. The first-order valence-corrected chi connectivity index (χ1v) is 19.6. The Bertz CT molecular complexity index is 1550. The molecule has 0 N–H and O–H groups in total. The van der Waals surface area contributed by atoms with Crippen LogP contribution in [0.5, 0.6) is 0 Å². The zero-order valence-corrected chi connectivity index (χ0v) is 29.9. The van der Waals surface area contributed by atoms with E-state index in [1.54, 1.807) is 12.1 Å². The highest BCUT2D eigenvalue weighted by molar-refractivity contribution is 7.79. The number of hydrogen-bond acceptors (Lipinski definition) is 1. The van der Waals surface area contributed by atoms with Crippen LogP contribution in [-0.2, 0) is 5.41 Å². The van der Waals surface area contributed by atoms with Crippen LogP contribution >= 0.6 is 16.1 Å². The number of nitrogens with zero attached hydrogens (tertiary/aromatic N) is 1. The Hall–Kier alpha value is -2.70. The van der Waals surface area contributed by atoms with Crippen molar-refractivity contribution in [3.05, 3.63) is 138 Å². The molecule has 1 fully saturated rings. The second kappa shape index (κ2) is 15.5. The van der Waals surface area contributed by atoms with Gasteiger partial charge in [-0.05, 0) is 91.3 Å². The van der Waals surface area contributed by atoms with Gasteiger partial charge in [-0.2, -0.15) is 0 Å². The van der Waals surface area contributed by atoms with Gasteiger partial charge < -0.3 is 0 Å². The van der Waals surface area contributed by atoms with Gasteiger partial charge in [0.2, 0.25) is 0 Å². The van der Waals surface area contributed by atoms with Gasteiger partial charge in [0.1, 0.15) is 11.6 Å². The highest BCUT2D eigenvalue weighted by Gasteiger charge is 2.45. The van der Waals surface area contributed by atoms with Crippen LogP contribution in [0.25, 0.3) is 5.57 Å². The second-order valence-electron chi connectivity index (χ2n) is 13.5. The lowest BCUT2D eigenvalue weighted by atomic mass is 9.86. The zero-order chi connectivity index (χ0) is 32.8. The lowest BCUT2D eigenvalue weighted by Gasteiger charge is -2.42. The van der Waals surface area contributed by atoms with E-state index in [1.807, 2.05) is 24.3 Å². The lowest BCUT2D eigenvalue weighted by molar-refractivity contribution is 0.589. The van der Waals surface area contributed by atoms with E-state index >= 15 is 8.78 Å². The molecule has 242 valence electrons. The molecule has 1 unspecified atom stereocenters. The summed E-state index contributed by atoms with van der Waals surface area (Å²) in [5, 5.41) is 1.22. The molecular formula is C41H49F2NP2. The van der Waals surface area contributed by atoms with E-state index in [9.17, 15) is 0 Å². The molecule has 1 saturated heterocycles. The van der Waals surface area contributed by atoms with Crippen molar-refractivity contribution < 1.29 is 8.78 Å². The lowest BCUT2D eigenvalue weighted by Crippen LogP contribution is -2.30. The Kier molecular flexibility index (Phi) is 11.6. The molecule has 5 rings (SSSR count). The van der Waals surface area contributed by atoms with E-state index < -0.39 is 16.1 Å². The van der Waals surface area contributed by atoms with Crippen molar-refractivity contribution in [1.82, 2.24) is 4.44 Å². The molecule has 4 aromatic rings. The molecule has 3 atom stereocenters. The maximum absolute atomic E-state index is 15.9. The number of rotatable bonds is 12. The minimum absolute atomic E-state index is 0.0716. The molecule has 1 aliphatic heterocycles. The van der Waals surface area contributed by atoms with Gasteiger partial charge in [-0.1, -0.05) is 127 Å². The summed E-state index contributed by atoms with van der Waals surface area (Å²) >= 11 is 0. The molecule has 0 amide bonds. The standard InChI is InChI=1S/C41H49F2NP2/c1-7-9-29-44(46(39-17-12-10-15-35(39)42)40-18-13-11-16-36(40)43)45-37(32-21-19-31(20-22-32)30(3)14-8-2)27-28-38(45)33-23-25-34(26-24-33)41(4,5)6/h10-13,15-26,37-38H,3,7-9,14,27-29H2,1-2,4-6H3/t37-,38-,45?/m0/s1. The normalized spacial score (nSPS) is 18.4. The van der Waals surface area contributed by atoms with Gasteiger partial charge in [-0.25, -0.2) is 8.78 Å². The molecule has 0 aromatic heterocycles. The molecule has 0 aliphatic carbocycles. The topological polar surface area (TPSA) is 3.24 Å². The molecule has 46 heavy (non-hydrogen) atoms. The van der Waals surface area contributed by atoms with Crippen molar-refractivity contribution in [2.75, 3.05) is 6.54 Å². The Labute approximate surface area is 278 Å². The van der Waals surface area contributed by atoms with Gasteiger partial charge >= 0.3 is 0 Å². The minimum atomic E-state index is -1.46. The van der Waals surface area contributed by atoms with Crippen molar-refractivity contribution in [3.8, 4) is 0 Å². The number of halogens is 2. The first kappa shape index (κ1) is 34.6. The summed E-state index contributed by atoms with van der Waals surface area (Å²) < 4.78 is 34.3. The molecule has 0 bridgehead atoms. The smallest absolute Gasteiger partial charge is 0.132 e. The van der Waals surface area contributed by atoms with Crippen LogP contribution in [0, 0.1) is 11.6 Å². The minimum Gasteiger partial charge on any atom is -0.251 e. The Morgan fingerprint density at radius 2 is 1.26 bits per heavy atom. The monoisotopic (exact) mass is 655 g/mol. The fourth-order valence-corrected chi connectivity index (χ4v) is 14.1. The maximum atomic E-state index is 15.9. The van der Waals surface area contributed by atoms with E-state index in [4.69, 9.17) is 0 Å². The second-order valence-corrected chi connectivity index (χ2v) is 18.4.